The number of piperazine rings is 1. The number of likely N-dealkylation sites (tertiary alicyclic amines) is 1. The highest BCUT2D eigenvalue weighted by Gasteiger charge is 2.24. The van der Waals surface area contributed by atoms with Crippen molar-refractivity contribution in [1.29, 1.82) is 0 Å². The lowest BCUT2D eigenvalue weighted by atomic mass is 10.1. The van der Waals surface area contributed by atoms with Gasteiger partial charge in [0.1, 0.15) is 0 Å². The largest absolute Gasteiger partial charge is 0.340 e. The van der Waals surface area contributed by atoms with E-state index in [2.05, 4.69) is 29.1 Å². The Bertz CT molecular complexity index is 304. The third-order valence-corrected chi connectivity index (χ3v) is 4.59. The fourth-order valence-electron chi connectivity index (χ4n) is 3.16. The molecule has 2 aliphatic heterocycles. The summed E-state index contributed by atoms with van der Waals surface area (Å²) in [5.74, 6) is 1.12. The van der Waals surface area contributed by atoms with Gasteiger partial charge in [0.25, 0.3) is 0 Å². The highest BCUT2D eigenvalue weighted by molar-refractivity contribution is 5.76. The summed E-state index contributed by atoms with van der Waals surface area (Å²) in [6, 6.07) is 0. The molecule has 2 aliphatic rings. The van der Waals surface area contributed by atoms with Gasteiger partial charge < -0.3 is 20.0 Å². The van der Waals surface area contributed by atoms with Crippen molar-refractivity contribution in [1.82, 2.24) is 20.0 Å². The van der Waals surface area contributed by atoms with Crippen molar-refractivity contribution < 1.29 is 4.79 Å². The molecule has 5 heteroatoms. The van der Waals surface area contributed by atoms with Gasteiger partial charge in [-0.1, -0.05) is 6.92 Å². The average molecular weight is 282 g/mol. The molecule has 2 rings (SSSR count). The molecule has 0 aliphatic carbocycles. The van der Waals surface area contributed by atoms with Crippen LogP contribution in [0.4, 0.5) is 0 Å². The number of hydrogen-bond acceptors (Lipinski definition) is 4. The predicted octanol–water partition coefficient (Wildman–Crippen LogP) is 0.0819. The van der Waals surface area contributed by atoms with Gasteiger partial charge in [-0.15, -0.1) is 0 Å². The minimum atomic E-state index is 0.334. The van der Waals surface area contributed by atoms with E-state index < -0.39 is 0 Å². The molecule has 2 saturated heterocycles. The molecule has 1 atom stereocenters. The molecule has 1 N–H and O–H groups in total. The second kappa shape index (κ2) is 7.96. The van der Waals surface area contributed by atoms with Crippen LogP contribution >= 0.6 is 0 Å². The third-order valence-electron chi connectivity index (χ3n) is 4.59. The first-order valence-corrected chi connectivity index (χ1v) is 8.08. The Hall–Kier alpha value is -0.650. The third kappa shape index (κ3) is 4.72. The van der Waals surface area contributed by atoms with E-state index in [1.54, 1.807) is 0 Å². The standard InChI is InChI=1S/C15H30N4O/c1-3-17(2)12-14-4-8-18(13-14)9-5-15(20)19-10-6-16-7-11-19/h14,16H,3-13H2,1-2H3. The summed E-state index contributed by atoms with van der Waals surface area (Å²) in [7, 11) is 2.19. The normalized spacial score (nSPS) is 24.6. The first-order chi connectivity index (χ1) is 9.69. The topological polar surface area (TPSA) is 38.8 Å². The molecule has 1 unspecified atom stereocenters. The van der Waals surface area contributed by atoms with Crippen LogP contribution < -0.4 is 5.32 Å². The summed E-state index contributed by atoms with van der Waals surface area (Å²) in [4.78, 5) is 19.0. The molecule has 5 nitrogen and oxygen atoms in total. The quantitative estimate of drug-likeness (QED) is 0.749. The van der Waals surface area contributed by atoms with E-state index in [9.17, 15) is 4.79 Å². The van der Waals surface area contributed by atoms with Gasteiger partial charge in [-0.05, 0) is 32.5 Å². The van der Waals surface area contributed by atoms with Crippen LogP contribution in [0.25, 0.3) is 0 Å². The lowest BCUT2D eigenvalue weighted by Gasteiger charge is -2.28. The van der Waals surface area contributed by atoms with Crippen LogP contribution in [0.5, 0.6) is 0 Å². The predicted molar refractivity (Wildman–Crippen MR) is 81.8 cm³/mol. The Morgan fingerprint density at radius 3 is 2.75 bits per heavy atom. The van der Waals surface area contributed by atoms with Gasteiger partial charge in [-0.3, -0.25) is 4.79 Å². The van der Waals surface area contributed by atoms with Gasteiger partial charge in [0.05, 0.1) is 0 Å². The van der Waals surface area contributed by atoms with Crippen LogP contribution in [0.2, 0.25) is 0 Å². The summed E-state index contributed by atoms with van der Waals surface area (Å²) < 4.78 is 0. The molecule has 0 radical (unpaired) electrons. The van der Waals surface area contributed by atoms with Gasteiger partial charge in [0.15, 0.2) is 0 Å². The lowest BCUT2D eigenvalue weighted by Crippen LogP contribution is -2.47. The summed E-state index contributed by atoms with van der Waals surface area (Å²) in [5.41, 5.74) is 0. The highest BCUT2D eigenvalue weighted by Crippen LogP contribution is 2.17. The van der Waals surface area contributed by atoms with Crippen molar-refractivity contribution in [2.24, 2.45) is 5.92 Å². The molecule has 0 saturated carbocycles. The number of amides is 1. The zero-order valence-corrected chi connectivity index (χ0v) is 13.1. The maximum atomic E-state index is 12.1. The maximum Gasteiger partial charge on any atom is 0.223 e. The number of nitrogens with one attached hydrogen (secondary N) is 1. The minimum Gasteiger partial charge on any atom is -0.340 e. The Labute approximate surface area is 123 Å². The Morgan fingerprint density at radius 2 is 2.05 bits per heavy atom. The van der Waals surface area contributed by atoms with Crippen LogP contribution in [0.15, 0.2) is 0 Å². The Morgan fingerprint density at radius 1 is 1.30 bits per heavy atom. The number of carbonyl (C=O) groups excluding carboxylic acids is 1. The molecule has 0 bridgehead atoms. The first-order valence-electron chi connectivity index (χ1n) is 8.08. The molecule has 2 fully saturated rings. The van der Waals surface area contributed by atoms with Crippen molar-refractivity contribution in [2.45, 2.75) is 19.8 Å². The summed E-state index contributed by atoms with van der Waals surface area (Å²) in [5, 5.41) is 3.29. The molecule has 116 valence electrons. The fraction of sp³-hybridized carbons (Fsp3) is 0.933. The van der Waals surface area contributed by atoms with Crippen molar-refractivity contribution >= 4 is 5.91 Å². The Balaban J connectivity index is 1.63. The van der Waals surface area contributed by atoms with E-state index >= 15 is 0 Å². The second-order valence-electron chi connectivity index (χ2n) is 6.19. The van der Waals surface area contributed by atoms with Crippen molar-refractivity contribution in [3.63, 3.8) is 0 Å². The monoisotopic (exact) mass is 282 g/mol. The fourth-order valence-corrected chi connectivity index (χ4v) is 3.16. The van der Waals surface area contributed by atoms with E-state index in [-0.39, 0.29) is 0 Å². The minimum absolute atomic E-state index is 0.334. The van der Waals surface area contributed by atoms with Crippen LogP contribution in [0.1, 0.15) is 19.8 Å². The number of nitrogens with zero attached hydrogens (tertiary/aromatic N) is 3. The Kier molecular flexibility index (Phi) is 6.26. The van der Waals surface area contributed by atoms with Crippen LogP contribution in [-0.2, 0) is 4.79 Å². The van der Waals surface area contributed by atoms with Crippen LogP contribution in [0, 0.1) is 5.92 Å². The van der Waals surface area contributed by atoms with Gasteiger partial charge in [-0.25, -0.2) is 0 Å². The van der Waals surface area contributed by atoms with E-state index in [0.29, 0.717) is 12.3 Å². The van der Waals surface area contributed by atoms with Gasteiger partial charge in [0.2, 0.25) is 5.91 Å². The zero-order valence-electron chi connectivity index (χ0n) is 13.1. The van der Waals surface area contributed by atoms with Crippen LogP contribution in [0.3, 0.4) is 0 Å². The molecular formula is C15H30N4O. The maximum absolute atomic E-state index is 12.1. The van der Waals surface area contributed by atoms with Gasteiger partial charge in [-0.2, -0.15) is 0 Å². The summed E-state index contributed by atoms with van der Waals surface area (Å²) in [6.07, 6.45) is 1.97. The van der Waals surface area contributed by atoms with E-state index in [4.69, 9.17) is 0 Å². The van der Waals surface area contributed by atoms with E-state index in [0.717, 1.165) is 51.7 Å². The highest BCUT2D eigenvalue weighted by atomic mass is 16.2. The molecule has 2 heterocycles. The van der Waals surface area contributed by atoms with Crippen molar-refractivity contribution in [3.8, 4) is 0 Å². The van der Waals surface area contributed by atoms with E-state index in [1.165, 1.54) is 19.5 Å². The summed E-state index contributed by atoms with van der Waals surface area (Å²) in [6.45, 7) is 11.4. The molecule has 20 heavy (non-hydrogen) atoms. The average Bonchev–Trinajstić information content (AvgIpc) is 2.93. The SMILES string of the molecule is CCN(C)CC1CCN(CCC(=O)N2CCNCC2)C1. The van der Waals surface area contributed by atoms with Gasteiger partial charge >= 0.3 is 0 Å². The number of carbonyl (C=O) groups is 1. The molecule has 0 spiro atoms. The molecule has 0 aromatic rings. The second-order valence-corrected chi connectivity index (χ2v) is 6.19. The van der Waals surface area contributed by atoms with Crippen molar-refractivity contribution in [2.75, 3.05) is 66.0 Å². The summed E-state index contributed by atoms with van der Waals surface area (Å²) >= 11 is 0. The molecule has 1 amide bonds. The molecule has 0 aromatic carbocycles. The van der Waals surface area contributed by atoms with E-state index in [1.807, 2.05) is 4.90 Å². The molecule has 0 aromatic heterocycles. The van der Waals surface area contributed by atoms with Gasteiger partial charge in [0, 0.05) is 52.2 Å². The lowest BCUT2D eigenvalue weighted by molar-refractivity contribution is -0.132. The first kappa shape index (κ1) is 15.7. The van der Waals surface area contributed by atoms with Crippen LogP contribution in [-0.4, -0.2) is 86.6 Å². The zero-order chi connectivity index (χ0) is 14.4. The van der Waals surface area contributed by atoms with Crippen molar-refractivity contribution in [3.05, 3.63) is 0 Å². The number of rotatable bonds is 6. The molecular weight excluding hydrogens is 252 g/mol. The smallest absolute Gasteiger partial charge is 0.223 e. The number of hydrogen-bond donors (Lipinski definition) is 1.